The van der Waals surface area contributed by atoms with Crippen molar-refractivity contribution in [2.45, 2.75) is 0 Å². The topological polar surface area (TPSA) is 101 Å². The van der Waals surface area contributed by atoms with Gasteiger partial charge in [-0.1, -0.05) is 0 Å². The number of hydrogen-bond donors (Lipinski definition) is 4. The Morgan fingerprint density at radius 1 is 1.05 bits per heavy atom. The molecule has 0 atom stereocenters. The zero-order valence-corrected chi connectivity index (χ0v) is 11.8. The van der Waals surface area contributed by atoms with E-state index in [9.17, 15) is 9.90 Å². The van der Waals surface area contributed by atoms with Crippen molar-refractivity contribution in [1.82, 2.24) is 16.0 Å². The van der Waals surface area contributed by atoms with Crippen molar-refractivity contribution < 1.29 is 24.1 Å². The van der Waals surface area contributed by atoms with E-state index in [1.165, 1.54) is 7.11 Å². The summed E-state index contributed by atoms with van der Waals surface area (Å²) in [5.74, 6) is 0. The summed E-state index contributed by atoms with van der Waals surface area (Å²) in [4.78, 5) is 11.1. The Bertz CT molecular complexity index is 230. The van der Waals surface area contributed by atoms with E-state index >= 15 is 0 Å². The largest absolute Gasteiger partial charge is 0.453 e. The quantitative estimate of drug-likeness (QED) is 0.276. The van der Waals surface area contributed by atoms with Crippen LogP contribution in [0.15, 0.2) is 0 Å². The molecular formula is C11H25N3O5. The van der Waals surface area contributed by atoms with Gasteiger partial charge in [0.2, 0.25) is 0 Å². The molecule has 0 saturated carbocycles. The number of carbonyl (C=O) groups is 1. The number of methoxy groups -OCH3 is 3. The maximum atomic E-state index is 11.1. The smallest absolute Gasteiger partial charge is 0.406 e. The van der Waals surface area contributed by atoms with E-state index < -0.39 is 11.5 Å². The molecule has 0 saturated heterocycles. The van der Waals surface area contributed by atoms with Crippen molar-refractivity contribution in [1.29, 1.82) is 0 Å². The number of amides is 1. The van der Waals surface area contributed by atoms with Crippen LogP contribution in [0.2, 0.25) is 0 Å². The van der Waals surface area contributed by atoms with Crippen LogP contribution in [0.25, 0.3) is 0 Å². The molecule has 0 aromatic rings. The van der Waals surface area contributed by atoms with E-state index in [1.807, 2.05) is 0 Å². The number of rotatable bonds is 11. The number of nitrogens with one attached hydrogen (secondary N) is 3. The van der Waals surface area contributed by atoms with E-state index in [-0.39, 0.29) is 13.2 Å². The van der Waals surface area contributed by atoms with Crippen LogP contribution in [0, 0.1) is 5.41 Å². The van der Waals surface area contributed by atoms with Crippen LogP contribution >= 0.6 is 0 Å². The molecule has 0 unspecified atom stereocenters. The normalized spacial score (nSPS) is 11.4. The minimum absolute atomic E-state index is 0.107. The Kier molecular flexibility index (Phi) is 10.4. The summed E-state index contributed by atoms with van der Waals surface area (Å²) in [5.41, 5.74) is -0.564. The second-order valence-corrected chi connectivity index (χ2v) is 4.22. The van der Waals surface area contributed by atoms with Gasteiger partial charge in [0.15, 0.2) is 0 Å². The second-order valence-electron chi connectivity index (χ2n) is 4.22. The molecule has 0 aliphatic rings. The molecule has 0 aromatic heterocycles. The van der Waals surface area contributed by atoms with Gasteiger partial charge < -0.3 is 24.6 Å². The molecule has 0 aromatic carbocycles. The molecule has 0 heterocycles. The summed E-state index contributed by atoms with van der Waals surface area (Å²) in [5, 5.41) is 18.3. The Balaban J connectivity index is 4.40. The van der Waals surface area contributed by atoms with Gasteiger partial charge in [-0.25, -0.2) is 4.79 Å². The Hall–Kier alpha value is -0.930. The van der Waals surface area contributed by atoms with Crippen molar-refractivity contribution in [2.24, 2.45) is 5.41 Å². The molecule has 114 valence electrons. The molecule has 4 N–H and O–H groups in total. The van der Waals surface area contributed by atoms with Gasteiger partial charge in [-0.05, 0) is 0 Å². The minimum Gasteiger partial charge on any atom is -0.453 e. The molecule has 0 aliphatic carbocycles. The van der Waals surface area contributed by atoms with Gasteiger partial charge >= 0.3 is 6.09 Å². The third kappa shape index (κ3) is 7.96. The van der Waals surface area contributed by atoms with Crippen molar-refractivity contribution in [3.8, 4) is 0 Å². The highest BCUT2D eigenvalue weighted by Crippen LogP contribution is 2.13. The zero-order chi connectivity index (χ0) is 14.6. The highest BCUT2D eigenvalue weighted by atomic mass is 16.5. The number of aliphatic hydroxyl groups excluding tert-OH is 1. The second kappa shape index (κ2) is 10.9. The fourth-order valence-electron chi connectivity index (χ4n) is 1.52. The first-order valence-electron chi connectivity index (χ1n) is 5.96. The molecule has 0 spiro atoms. The van der Waals surface area contributed by atoms with Crippen LogP contribution < -0.4 is 16.0 Å². The van der Waals surface area contributed by atoms with Crippen molar-refractivity contribution in [3.63, 3.8) is 0 Å². The molecule has 1 amide bonds. The van der Waals surface area contributed by atoms with E-state index in [0.717, 1.165) is 0 Å². The highest BCUT2D eigenvalue weighted by molar-refractivity contribution is 5.66. The van der Waals surface area contributed by atoms with Gasteiger partial charge in [0.05, 0.1) is 27.2 Å². The summed E-state index contributed by atoms with van der Waals surface area (Å²) in [6.45, 7) is 1.83. The van der Waals surface area contributed by atoms with Gasteiger partial charge in [0.25, 0.3) is 0 Å². The molecule has 0 bridgehead atoms. The molecule has 0 aliphatic heterocycles. The van der Waals surface area contributed by atoms with Gasteiger partial charge in [-0.15, -0.1) is 0 Å². The van der Waals surface area contributed by atoms with Crippen molar-refractivity contribution in [2.75, 3.05) is 61.0 Å². The van der Waals surface area contributed by atoms with E-state index in [2.05, 4.69) is 20.7 Å². The lowest BCUT2D eigenvalue weighted by Crippen LogP contribution is -2.52. The van der Waals surface area contributed by atoms with E-state index in [4.69, 9.17) is 9.47 Å². The number of carbonyl (C=O) groups excluding carboxylic acids is 1. The molecule has 19 heavy (non-hydrogen) atoms. The third-order valence-corrected chi connectivity index (χ3v) is 2.62. The van der Waals surface area contributed by atoms with E-state index in [1.54, 1.807) is 14.2 Å². The summed E-state index contributed by atoms with van der Waals surface area (Å²) < 4.78 is 14.3. The highest BCUT2D eigenvalue weighted by Gasteiger charge is 2.29. The monoisotopic (exact) mass is 279 g/mol. The van der Waals surface area contributed by atoms with Crippen molar-refractivity contribution in [3.05, 3.63) is 0 Å². The first-order valence-corrected chi connectivity index (χ1v) is 5.96. The predicted octanol–water partition coefficient (Wildman–Crippen LogP) is -1.29. The van der Waals surface area contributed by atoms with Gasteiger partial charge in [0, 0.05) is 39.3 Å². The average molecular weight is 279 g/mol. The fourth-order valence-corrected chi connectivity index (χ4v) is 1.52. The molecular weight excluding hydrogens is 254 g/mol. The summed E-state index contributed by atoms with van der Waals surface area (Å²) >= 11 is 0. The zero-order valence-electron chi connectivity index (χ0n) is 11.8. The number of alkyl carbamates (subject to hydrolysis) is 1. The molecule has 0 fully saturated rings. The number of hydrogen-bond acceptors (Lipinski definition) is 7. The minimum atomic E-state index is -0.564. The van der Waals surface area contributed by atoms with Crippen LogP contribution in [0.5, 0.6) is 0 Å². The predicted molar refractivity (Wildman–Crippen MR) is 69.7 cm³/mol. The number of ether oxygens (including phenoxy) is 3. The fraction of sp³-hybridized carbons (Fsp3) is 0.909. The van der Waals surface area contributed by atoms with Crippen LogP contribution in [-0.2, 0) is 14.2 Å². The lowest BCUT2D eigenvalue weighted by molar-refractivity contribution is 0.0821. The molecule has 8 heteroatoms. The SMILES string of the molecule is COCNCC(CO)(CNCOC)CNC(=O)OC. The first kappa shape index (κ1) is 18.1. The molecule has 8 nitrogen and oxygen atoms in total. The lowest BCUT2D eigenvalue weighted by atomic mass is 9.88. The third-order valence-electron chi connectivity index (χ3n) is 2.62. The Morgan fingerprint density at radius 3 is 1.95 bits per heavy atom. The van der Waals surface area contributed by atoms with Crippen LogP contribution in [0.4, 0.5) is 4.79 Å². The molecule has 0 radical (unpaired) electrons. The number of aliphatic hydroxyl groups is 1. The van der Waals surface area contributed by atoms with Gasteiger partial charge in [-0.3, -0.25) is 10.6 Å². The summed E-state index contributed by atoms with van der Waals surface area (Å²) in [6, 6.07) is 0. The molecule has 0 rings (SSSR count). The Morgan fingerprint density at radius 2 is 1.58 bits per heavy atom. The summed E-state index contributed by atoms with van der Waals surface area (Å²) in [7, 11) is 4.44. The van der Waals surface area contributed by atoms with E-state index in [0.29, 0.717) is 26.6 Å². The maximum absolute atomic E-state index is 11.1. The van der Waals surface area contributed by atoms with Crippen LogP contribution in [-0.4, -0.2) is 72.2 Å². The average Bonchev–Trinajstić information content (AvgIpc) is 2.44. The van der Waals surface area contributed by atoms with Gasteiger partial charge in [0.1, 0.15) is 0 Å². The van der Waals surface area contributed by atoms with Crippen molar-refractivity contribution >= 4 is 6.09 Å². The standard InChI is InChI=1S/C11H25N3O5/c1-17-8-12-4-11(7-15,5-13-9-18-2)6-14-10(16)19-3/h12-13,15H,4-9H2,1-3H3,(H,14,16). The van der Waals surface area contributed by atoms with Crippen LogP contribution in [0.1, 0.15) is 0 Å². The summed E-state index contributed by atoms with van der Waals surface area (Å²) in [6.07, 6.45) is -0.531. The maximum Gasteiger partial charge on any atom is 0.406 e. The first-order chi connectivity index (χ1) is 9.14. The van der Waals surface area contributed by atoms with Crippen LogP contribution in [0.3, 0.4) is 0 Å². The Labute approximate surface area is 113 Å². The van der Waals surface area contributed by atoms with Gasteiger partial charge in [-0.2, -0.15) is 0 Å². The lowest BCUT2D eigenvalue weighted by Gasteiger charge is -2.32.